The number of rotatable bonds is 1. The van der Waals surface area contributed by atoms with Crippen LogP contribution in [0.5, 0.6) is 0 Å². The molecule has 0 bridgehead atoms. The molecule has 1 aliphatic heterocycles. The third kappa shape index (κ3) is 2.01. The minimum atomic E-state index is -3.42. The summed E-state index contributed by atoms with van der Waals surface area (Å²) >= 11 is 5.74. The molecule has 2 rings (SSSR count). The van der Waals surface area contributed by atoms with E-state index in [1.807, 2.05) is 0 Å². The molecule has 6 heteroatoms. The van der Waals surface area contributed by atoms with Crippen LogP contribution in [0.15, 0.2) is 12.1 Å². The van der Waals surface area contributed by atoms with E-state index < -0.39 is 15.8 Å². The molecular formula is C10H11ClFNO2S. The van der Waals surface area contributed by atoms with Crippen LogP contribution in [0.1, 0.15) is 12.0 Å². The van der Waals surface area contributed by atoms with Gasteiger partial charge in [0.2, 0.25) is 10.0 Å². The number of benzene rings is 1. The predicted molar refractivity (Wildman–Crippen MR) is 61.9 cm³/mol. The number of fused-ring (bicyclic) bond motifs is 1. The largest absolute Gasteiger partial charge is 0.267 e. The minimum absolute atomic E-state index is 0.151. The van der Waals surface area contributed by atoms with Gasteiger partial charge in [0.1, 0.15) is 5.82 Å². The number of anilines is 1. The second-order valence-electron chi connectivity index (χ2n) is 3.83. The van der Waals surface area contributed by atoms with Gasteiger partial charge in [-0.05, 0) is 30.5 Å². The molecule has 0 aliphatic carbocycles. The maximum Gasteiger partial charge on any atom is 0.232 e. The van der Waals surface area contributed by atoms with E-state index in [4.69, 9.17) is 11.6 Å². The molecule has 16 heavy (non-hydrogen) atoms. The molecule has 0 radical (unpaired) electrons. The Hall–Kier alpha value is -0.810. The van der Waals surface area contributed by atoms with Gasteiger partial charge in [-0.15, -0.1) is 0 Å². The molecule has 0 aromatic heterocycles. The average molecular weight is 264 g/mol. The Kier molecular flexibility index (Phi) is 2.84. The molecule has 3 nitrogen and oxygen atoms in total. The summed E-state index contributed by atoms with van der Waals surface area (Å²) in [6.45, 7) is 0.324. The zero-order valence-corrected chi connectivity index (χ0v) is 10.3. The van der Waals surface area contributed by atoms with Crippen LogP contribution in [-0.4, -0.2) is 21.2 Å². The Morgan fingerprint density at radius 1 is 1.44 bits per heavy atom. The highest BCUT2D eigenvalue weighted by Crippen LogP contribution is 2.33. The lowest BCUT2D eigenvalue weighted by atomic mass is 10.0. The molecule has 0 unspecified atom stereocenters. The average Bonchev–Trinajstić information content (AvgIpc) is 2.14. The number of halogens is 2. The lowest BCUT2D eigenvalue weighted by Gasteiger charge is -2.29. The van der Waals surface area contributed by atoms with Gasteiger partial charge in [-0.2, -0.15) is 0 Å². The van der Waals surface area contributed by atoms with Crippen molar-refractivity contribution in [3.63, 3.8) is 0 Å². The summed E-state index contributed by atoms with van der Waals surface area (Å²) in [6, 6.07) is 2.77. The third-order valence-corrected chi connectivity index (χ3v) is 3.95. The van der Waals surface area contributed by atoms with Crippen molar-refractivity contribution in [2.75, 3.05) is 17.1 Å². The summed E-state index contributed by atoms with van der Waals surface area (Å²) in [6.07, 6.45) is 2.41. The topological polar surface area (TPSA) is 37.4 Å². The van der Waals surface area contributed by atoms with E-state index in [2.05, 4.69) is 0 Å². The van der Waals surface area contributed by atoms with E-state index in [9.17, 15) is 12.8 Å². The SMILES string of the molecule is CS(=O)(=O)N1CCCc2cc(Cl)cc(F)c21. The number of hydrogen-bond acceptors (Lipinski definition) is 2. The number of sulfonamides is 1. The Morgan fingerprint density at radius 2 is 2.12 bits per heavy atom. The van der Waals surface area contributed by atoms with Crippen LogP contribution in [0.3, 0.4) is 0 Å². The summed E-state index contributed by atoms with van der Waals surface area (Å²) in [5.74, 6) is -0.576. The summed E-state index contributed by atoms with van der Waals surface area (Å²) in [5, 5.41) is 0.298. The molecule has 1 aliphatic rings. The van der Waals surface area contributed by atoms with E-state index in [0.717, 1.165) is 16.6 Å². The summed E-state index contributed by atoms with van der Waals surface area (Å²) in [4.78, 5) is 0. The Morgan fingerprint density at radius 3 is 2.75 bits per heavy atom. The van der Waals surface area contributed by atoms with Crippen molar-refractivity contribution in [1.29, 1.82) is 0 Å². The van der Waals surface area contributed by atoms with Gasteiger partial charge in [-0.3, -0.25) is 4.31 Å². The maximum atomic E-state index is 13.7. The number of aryl methyl sites for hydroxylation is 1. The van der Waals surface area contributed by atoms with Crippen LogP contribution in [-0.2, 0) is 16.4 Å². The molecule has 0 N–H and O–H groups in total. The minimum Gasteiger partial charge on any atom is -0.267 e. The number of nitrogens with zero attached hydrogens (tertiary/aromatic N) is 1. The van der Waals surface area contributed by atoms with Crippen LogP contribution in [0.25, 0.3) is 0 Å². The molecule has 0 spiro atoms. The van der Waals surface area contributed by atoms with Gasteiger partial charge in [-0.1, -0.05) is 11.6 Å². The Labute approximate surface area is 98.9 Å². The van der Waals surface area contributed by atoms with Crippen molar-refractivity contribution in [1.82, 2.24) is 0 Å². The van der Waals surface area contributed by atoms with E-state index in [0.29, 0.717) is 30.0 Å². The maximum absolute atomic E-state index is 13.7. The second kappa shape index (κ2) is 3.89. The van der Waals surface area contributed by atoms with Crippen molar-refractivity contribution >= 4 is 27.3 Å². The first-order valence-electron chi connectivity index (χ1n) is 4.85. The van der Waals surface area contributed by atoms with Gasteiger partial charge in [0, 0.05) is 11.6 Å². The molecule has 0 fully saturated rings. The van der Waals surface area contributed by atoms with Crippen LogP contribution >= 0.6 is 11.6 Å². The van der Waals surface area contributed by atoms with Crippen molar-refractivity contribution in [2.24, 2.45) is 0 Å². The highest BCUT2D eigenvalue weighted by Gasteiger charge is 2.27. The van der Waals surface area contributed by atoms with Gasteiger partial charge < -0.3 is 0 Å². The molecule has 0 atom stereocenters. The lowest BCUT2D eigenvalue weighted by molar-refractivity contribution is 0.582. The zero-order chi connectivity index (χ0) is 11.9. The molecule has 1 aromatic rings. The predicted octanol–water partition coefficient (Wildman–Crippen LogP) is 2.19. The van der Waals surface area contributed by atoms with Crippen molar-refractivity contribution in [3.05, 3.63) is 28.5 Å². The first-order valence-corrected chi connectivity index (χ1v) is 7.08. The zero-order valence-electron chi connectivity index (χ0n) is 8.70. The Bertz CT molecular complexity index is 530. The van der Waals surface area contributed by atoms with Gasteiger partial charge in [-0.25, -0.2) is 12.8 Å². The number of hydrogen-bond donors (Lipinski definition) is 0. The fraction of sp³-hybridized carbons (Fsp3) is 0.400. The molecule has 0 saturated heterocycles. The third-order valence-electron chi connectivity index (χ3n) is 2.56. The monoisotopic (exact) mass is 263 g/mol. The van der Waals surface area contributed by atoms with Crippen molar-refractivity contribution in [3.8, 4) is 0 Å². The van der Waals surface area contributed by atoms with Crippen LogP contribution in [0.4, 0.5) is 10.1 Å². The molecule has 88 valence electrons. The quantitative estimate of drug-likeness (QED) is 0.779. The van der Waals surface area contributed by atoms with Crippen LogP contribution in [0.2, 0.25) is 5.02 Å². The molecule has 0 saturated carbocycles. The first kappa shape index (κ1) is 11.7. The van der Waals surface area contributed by atoms with Crippen LogP contribution < -0.4 is 4.31 Å². The van der Waals surface area contributed by atoms with Gasteiger partial charge in [0.15, 0.2) is 0 Å². The fourth-order valence-corrected chi connectivity index (χ4v) is 3.17. The molecular weight excluding hydrogens is 253 g/mol. The highest BCUT2D eigenvalue weighted by atomic mass is 35.5. The second-order valence-corrected chi connectivity index (χ2v) is 6.18. The fourth-order valence-electron chi connectivity index (χ4n) is 1.95. The summed E-state index contributed by atoms with van der Waals surface area (Å²) in [7, 11) is -3.42. The molecule has 0 amide bonds. The van der Waals surface area contributed by atoms with Gasteiger partial charge in [0.25, 0.3) is 0 Å². The van der Waals surface area contributed by atoms with Gasteiger partial charge >= 0.3 is 0 Å². The first-order chi connectivity index (χ1) is 7.39. The lowest BCUT2D eigenvalue weighted by Crippen LogP contribution is -2.35. The highest BCUT2D eigenvalue weighted by molar-refractivity contribution is 7.92. The van der Waals surface area contributed by atoms with E-state index in [-0.39, 0.29) is 5.69 Å². The summed E-state index contributed by atoms with van der Waals surface area (Å²) in [5.41, 5.74) is 0.805. The summed E-state index contributed by atoms with van der Waals surface area (Å²) < 4.78 is 37.9. The normalized spacial score (nSPS) is 16.1. The Balaban J connectivity index is 2.63. The van der Waals surface area contributed by atoms with Gasteiger partial charge in [0.05, 0.1) is 11.9 Å². The standard InChI is InChI=1S/C10H11ClFNO2S/c1-16(14,15)13-4-2-3-7-5-8(11)6-9(12)10(7)13/h5-6H,2-4H2,1H3. The van der Waals surface area contributed by atoms with E-state index in [1.54, 1.807) is 6.07 Å². The smallest absolute Gasteiger partial charge is 0.232 e. The van der Waals surface area contributed by atoms with Crippen molar-refractivity contribution in [2.45, 2.75) is 12.8 Å². The van der Waals surface area contributed by atoms with E-state index >= 15 is 0 Å². The molecule has 1 aromatic carbocycles. The molecule has 1 heterocycles. The van der Waals surface area contributed by atoms with Crippen LogP contribution in [0, 0.1) is 5.82 Å². The van der Waals surface area contributed by atoms with Crippen molar-refractivity contribution < 1.29 is 12.8 Å². The van der Waals surface area contributed by atoms with E-state index in [1.165, 1.54) is 0 Å².